The topological polar surface area (TPSA) is 8.29 Å². The van der Waals surface area contributed by atoms with Gasteiger partial charge in [0, 0.05) is 16.8 Å². The van der Waals surface area contributed by atoms with E-state index in [2.05, 4.69) is 123 Å². The van der Waals surface area contributed by atoms with Crippen molar-refractivity contribution < 1.29 is 4.57 Å². The van der Waals surface area contributed by atoms with Gasteiger partial charge < -0.3 is 4.40 Å². The Morgan fingerprint density at radius 2 is 1.58 bits per heavy atom. The third-order valence-electron chi connectivity index (χ3n) is 8.07. The van der Waals surface area contributed by atoms with Crippen molar-refractivity contribution in [2.45, 2.75) is 34.1 Å². The van der Waals surface area contributed by atoms with Gasteiger partial charge in [-0.25, -0.2) is 4.57 Å². The van der Waals surface area contributed by atoms with Gasteiger partial charge in [-0.05, 0) is 83.7 Å². The molecule has 0 aliphatic carbocycles. The summed E-state index contributed by atoms with van der Waals surface area (Å²) in [7, 11) is 2.19. The number of benzene rings is 4. The molecule has 2 heteroatoms. The molecule has 0 fully saturated rings. The first-order valence-electron chi connectivity index (χ1n) is 13.0. The van der Waals surface area contributed by atoms with Crippen molar-refractivity contribution in [3.05, 3.63) is 95.7 Å². The minimum atomic E-state index is 0.615. The quantitative estimate of drug-likeness (QED) is 0.140. The molecule has 0 saturated heterocycles. The number of aryl methyl sites for hydroxylation is 3. The van der Waals surface area contributed by atoms with Crippen molar-refractivity contribution in [1.82, 2.24) is 4.40 Å². The zero-order valence-electron chi connectivity index (χ0n) is 21.7. The first-order valence-corrected chi connectivity index (χ1v) is 13.0. The molecule has 36 heavy (non-hydrogen) atoms. The Morgan fingerprint density at radius 3 is 2.36 bits per heavy atom. The number of hydrogen-bond donors (Lipinski definition) is 0. The van der Waals surface area contributed by atoms with Crippen LogP contribution < -0.4 is 4.57 Å². The molecule has 0 N–H and O–H groups in total. The van der Waals surface area contributed by atoms with Crippen molar-refractivity contribution in [2.75, 3.05) is 0 Å². The van der Waals surface area contributed by atoms with Crippen LogP contribution in [-0.4, -0.2) is 4.40 Å². The minimum Gasteiger partial charge on any atom is -0.307 e. The summed E-state index contributed by atoms with van der Waals surface area (Å²) >= 11 is 0. The zero-order valence-corrected chi connectivity index (χ0v) is 21.7. The average molecular weight is 468 g/mol. The Labute approximate surface area is 211 Å². The second kappa shape index (κ2) is 7.54. The first-order chi connectivity index (χ1) is 17.4. The molecular formula is C34H31N2+. The predicted octanol–water partition coefficient (Wildman–Crippen LogP) is 8.30. The van der Waals surface area contributed by atoms with Crippen molar-refractivity contribution in [1.29, 1.82) is 0 Å². The highest BCUT2D eigenvalue weighted by atomic mass is 15.0. The highest BCUT2D eigenvalue weighted by Crippen LogP contribution is 2.43. The van der Waals surface area contributed by atoms with E-state index in [9.17, 15) is 0 Å². The van der Waals surface area contributed by atoms with Gasteiger partial charge in [-0.2, -0.15) is 0 Å². The standard InChI is InChI=1S/C34H31N2/c1-20(2)15-23-17-26-13-14-35(5)34-31-22(4)21(3)16-28-27-19-25(24-9-7-6-8-10-24)11-12-29(27)36(33(28)31)30(18-23)32(26)34/h6-14,16-20H,15H2,1-5H3/q+1. The van der Waals surface area contributed by atoms with E-state index in [4.69, 9.17) is 0 Å². The van der Waals surface area contributed by atoms with Crippen LogP contribution in [0.25, 0.3) is 60.1 Å². The van der Waals surface area contributed by atoms with Gasteiger partial charge in [-0.3, -0.25) is 0 Å². The van der Waals surface area contributed by atoms with Gasteiger partial charge in [0.2, 0.25) is 5.52 Å². The summed E-state index contributed by atoms with van der Waals surface area (Å²) in [6.45, 7) is 9.17. The Bertz CT molecular complexity index is 1960. The molecule has 3 heterocycles. The van der Waals surface area contributed by atoms with Crippen molar-refractivity contribution >= 4 is 49.0 Å². The van der Waals surface area contributed by atoms with Crippen LogP contribution in [0, 0.1) is 19.8 Å². The molecule has 0 saturated carbocycles. The van der Waals surface area contributed by atoms with E-state index < -0.39 is 0 Å². The van der Waals surface area contributed by atoms with Crippen molar-refractivity contribution in [3.8, 4) is 11.1 Å². The summed E-state index contributed by atoms with van der Waals surface area (Å²) in [6.07, 6.45) is 3.32. The Balaban J connectivity index is 1.75. The molecule has 2 nitrogen and oxygen atoms in total. The van der Waals surface area contributed by atoms with E-state index in [1.165, 1.54) is 76.8 Å². The smallest absolute Gasteiger partial charge is 0.224 e. The first kappa shape index (κ1) is 21.4. The molecule has 0 aliphatic heterocycles. The maximum Gasteiger partial charge on any atom is 0.224 e. The lowest BCUT2D eigenvalue weighted by atomic mass is 9.94. The van der Waals surface area contributed by atoms with Crippen LogP contribution in [0.4, 0.5) is 0 Å². The lowest BCUT2D eigenvalue weighted by Crippen LogP contribution is -2.29. The second-order valence-corrected chi connectivity index (χ2v) is 11.0. The number of aromatic nitrogens is 2. The van der Waals surface area contributed by atoms with Gasteiger partial charge in [-0.1, -0.05) is 56.3 Å². The molecule has 3 aromatic heterocycles. The molecule has 0 bridgehead atoms. The molecule has 7 aromatic rings. The number of fused-ring (bicyclic) bond motifs is 5. The van der Waals surface area contributed by atoms with Crippen LogP contribution in [0.5, 0.6) is 0 Å². The number of pyridine rings is 2. The largest absolute Gasteiger partial charge is 0.307 e. The fourth-order valence-electron chi connectivity index (χ4n) is 6.37. The maximum absolute atomic E-state index is 2.56. The summed E-state index contributed by atoms with van der Waals surface area (Å²) in [6, 6.07) is 27.3. The number of nitrogens with zero attached hydrogens (tertiary/aromatic N) is 2. The maximum atomic E-state index is 2.56. The Kier molecular flexibility index (Phi) is 4.48. The van der Waals surface area contributed by atoms with Gasteiger partial charge in [-0.15, -0.1) is 0 Å². The van der Waals surface area contributed by atoms with E-state index in [0.717, 1.165) is 6.42 Å². The summed E-state index contributed by atoms with van der Waals surface area (Å²) in [5.41, 5.74) is 11.9. The molecular weight excluding hydrogens is 436 g/mol. The monoisotopic (exact) mass is 467 g/mol. The lowest BCUT2D eigenvalue weighted by molar-refractivity contribution is -0.643. The van der Waals surface area contributed by atoms with Gasteiger partial charge in [0.15, 0.2) is 6.20 Å². The van der Waals surface area contributed by atoms with Crippen molar-refractivity contribution in [3.63, 3.8) is 0 Å². The van der Waals surface area contributed by atoms with E-state index in [-0.39, 0.29) is 0 Å². The Hall–Kier alpha value is -3.91. The fraction of sp³-hybridized carbons (Fsp3) is 0.206. The van der Waals surface area contributed by atoms with Crippen LogP contribution in [-0.2, 0) is 13.5 Å². The SMILES string of the molecule is Cc1cc2c3cc(-c4ccccc4)ccc3n3c4cc(CC(C)C)cc5cc[n+](C)c(c(c1C)c23)c54. The van der Waals surface area contributed by atoms with E-state index in [0.29, 0.717) is 5.92 Å². The molecule has 0 unspecified atom stereocenters. The third-order valence-corrected chi connectivity index (χ3v) is 8.07. The van der Waals surface area contributed by atoms with E-state index >= 15 is 0 Å². The van der Waals surface area contributed by atoms with Crippen LogP contribution in [0.15, 0.2) is 79.0 Å². The van der Waals surface area contributed by atoms with Crippen LogP contribution >= 0.6 is 0 Å². The summed E-state index contributed by atoms with van der Waals surface area (Å²) in [5, 5.41) is 6.74. The van der Waals surface area contributed by atoms with Gasteiger partial charge in [0.05, 0.1) is 27.3 Å². The summed E-state index contributed by atoms with van der Waals surface area (Å²) in [5.74, 6) is 0.615. The molecule has 4 aromatic carbocycles. The molecule has 0 atom stereocenters. The van der Waals surface area contributed by atoms with Crippen LogP contribution in [0.3, 0.4) is 0 Å². The second-order valence-electron chi connectivity index (χ2n) is 11.0. The number of hydrogen-bond acceptors (Lipinski definition) is 0. The molecule has 7 rings (SSSR count). The highest BCUT2D eigenvalue weighted by molar-refractivity contribution is 6.26. The lowest BCUT2D eigenvalue weighted by Gasteiger charge is -2.16. The summed E-state index contributed by atoms with van der Waals surface area (Å²) < 4.78 is 4.88. The molecule has 0 spiro atoms. The number of rotatable bonds is 3. The third kappa shape index (κ3) is 2.88. The highest BCUT2D eigenvalue weighted by Gasteiger charge is 2.25. The molecule has 0 aliphatic rings. The molecule has 0 amide bonds. The van der Waals surface area contributed by atoms with Crippen LogP contribution in [0.2, 0.25) is 0 Å². The van der Waals surface area contributed by atoms with Gasteiger partial charge in [0.1, 0.15) is 7.05 Å². The predicted molar refractivity (Wildman–Crippen MR) is 153 cm³/mol. The molecule has 0 radical (unpaired) electrons. The Morgan fingerprint density at radius 1 is 0.778 bits per heavy atom. The summed E-state index contributed by atoms with van der Waals surface area (Å²) in [4.78, 5) is 0. The minimum absolute atomic E-state index is 0.615. The van der Waals surface area contributed by atoms with E-state index in [1.807, 2.05) is 0 Å². The van der Waals surface area contributed by atoms with E-state index in [1.54, 1.807) is 0 Å². The van der Waals surface area contributed by atoms with Crippen molar-refractivity contribution in [2.24, 2.45) is 13.0 Å². The normalized spacial score (nSPS) is 12.4. The van der Waals surface area contributed by atoms with Crippen LogP contribution in [0.1, 0.15) is 30.5 Å². The average Bonchev–Trinajstić information content (AvgIpc) is 3.19. The van der Waals surface area contributed by atoms with Gasteiger partial charge in [0.25, 0.3) is 0 Å². The molecule has 176 valence electrons. The fourth-order valence-corrected chi connectivity index (χ4v) is 6.37. The zero-order chi connectivity index (χ0) is 24.7. The van der Waals surface area contributed by atoms with Gasteiger partial charge >= 0.3 is 0 Å².